The SMILES string of the molecule is COc1ccc(S(=O)(=O)CCCC(=O)N(CCN(C)C)c2nc3c(OC)ccc(C)c3s2)cc1. The van der Waals surface area contributed by atoms with E-state index < -0.39 is 9.84 Å². The molecule has 0 aliphatic heterocycles. The van der Waals surface area contributed by atoms with Gasteiger partial charge in [-0.1, -0.05) is 17.4 Å². The highest BCUT2D eigenvalue weighted by atomic mass is 32.2. The third-order valence-electron chi connectivity index (χ3n) is 5.44. The van der Waals surface area contributed by atoms with Gasteiger partial charge in [0.15, 0.2) is 15.0 Å². The normalized spacial score (nSPS) is 11.7. The van der Waals surface area contributed by atoms with E-state index in [-0.39, 0.29) is 29.4 Å². The van der Waals surface area contributed by atoms with E-state index >= 15 is 0 Å². The van der Waals surface area contributed by atoms with Crippen LogP contribution in [0.15, 0.2) is 41.3 Å². The molecular formula is C24H31N3O5S2. The molecule has 0 saturated heterocycles. The van der Waals surface area contributed by atoms with Crippen LogP contribution in [0, 0.1) is 6.92 Å². The molecule has 0 saturated carbocycles. The second kappa shape index (κ2) is 11.2. The lowest BCUT2D eigenvalue weighted by Crippen LogP contribution is -2.36. The second-order valence-electron chi connectivity index (χ2n) is 8.21. The van der Waals surface area contributed by atoms with Crippen molar-refractivity contribution in [3.05, 3.63) is 42.0 Å². The molecule has 0 bridgehead atoms. The molecule has 0 unspecified atom stereocenters. The number of aromatic nitrogens is 1. The number of carbonyl (C=O) groups is 1. The van der Waals surface area contributed by atoms with Crippen LogP contribution in [0.4, 0.5) is 5.13 Å². The fraction of sp³-hybridized carbons (Fsp3) is 0.417. The summed E-state index contributed by atoms with van der Waals surface area (Å²) in [5.74, 6) is 0.990. The summed E-state index contributed by atoms with van der Waals surface area (Å²) in [6.45, 7) is 3.11. The number of carbonyl (C=O) groups excluding carboxylic acids is 1. The predicted molar refractivity (Wildman–Crippen MR) is 136 cm³/mol. The van der Waals surface area contributed by atoms with Crippen LogP contribution >= 0.6 is 11.3 Å². The van der Waals surface area contributed by atoms with Crippen molar-refractivity contribution in [1.82, 2.24) is 9.88 Å². The number of fused-ring (bicyclic) bond motifs is 1. The van der Waals surface area contributed by atoms with E-state index in [0.717, 1.165) is 15.8 Å². The number of hydrogen-bond donors (Lipinski definition) is 0. The molecule has 34 heavy (non-hydrogen) atoms. The zero-order valence-corrected chi connectivity index (χ0v) is 21.8. The molecular weight excluding hydrogens is 474 g/mol. The van der Waals surface area contributed by atoms with Crippen molar-refractivity contribution in [2.75, 3.05) is 52.1 Å². The minimum absolute atomic E-state index is 0.106. The fourth-order valence-electron chi connectivity index (χ4n) is 3.45. The summed E-state index contributed by atoms with van der Waals surface area (Å²) in [6, 6.07) is 10.1. The molecule has 0 atom stereocenters. The van der Waals surface area contributed by atoms with Crippen LogP contribution in [0.5, 0.6) is 11.5 Å². The molecule has 8 nitrogen and oxygen atoms in total. The van der Waals surface area contributed by atoms with E-state index in [0.29, 0.717) is 29.7 Å². The van der Waals surface area contributed by atoms with Crippen LogP contribution in [0.25, 0.3) is 10.2 Å². The summed E-state index contributed by atoms with van der Waals surface area (Å²) >= 11 is 1.45. The largest absolute Gasteiger partial charge is 0.497 e. The Kier molecular flexibility index (Phi) is 8.51. The first-order valence-corrected chi connectivity index (χ1v) is 13.4. The quantitative estimate of drug-likeness (QED) is 0.392. The zero-order valence-electron chi connectivity index (χ0n) is 20.2. The van der Waals surface area contributed by atoms with Crippen molar-refractivity contribution in [2.45, 2.75) is 24.7 Å². The standard InChI is InChI=1S/C24H31N3O5S2/c1-17-8-13-20(32-5)22-23(17)33-24(25-22)27(15-14-26(2)3)21(28)7-6-16-34(29,30)19-11-9-18(31-4)10-12-19/h8-13H,6-7,14-16H2,1-5H3. The maximum Gasteiger partial charge on any atom is 0.228 e. The number of benzene rings is 2. The molecule has 3 aromatic rings. The summed E-state index contributed by atoms with van der Waals surface area (Å²) in [5.41, 5.74) is 1.79. The molecule has 0 radical (unpaired) electrons. The molecule has 0 aliphatic rings. The first kappa shape index (κ1) is 25.9. The van der Waals surface area contributed by atoms with E-state index in [1.54, 1.807) is 24.1 Å². The van der Waals surface area contributed by atoms with Crippen LogP contribution in [0.2, 0.25) is 0 Å². The highest BCUT2D eigenvalue weighted by molar-refractivity contribution is 7.91. The fourth-order valence-corrected chi connectivity index (χ4v) is 5.86. The van der Waals surface area contributed by atoms with Gasteiger partial charge in [-0.15, -0.1) is 0 Å². The Hall–Kier alpha value is -2.69. The number of amides is 1. The summed E-state index contributed by atoms with van der Waals surface area (Å²) in [4.78, 5) is 21.8. The number of ether oxygens (including phenoxy) is 2. The van der Waals surface area contributed by atoms with Crippen molar-refractivity contribution >= 4 is 42.4 Å². The molecule has 1 heterocycles. The average Bonchev–Trinajstić information content (AvgIpc) is 3.25. The van der Waals surface area contributed by atoms with Crippen LogP contribution in [0.3, 0.4) is 0 Å². The molecule has 2 aromatic carbocycles. The van der Waals surface area contributed by atoms with E-state index in [2.05, 4.69) is 0 Å². The van der Waals surface area contributed by atoms with Crippen molar-refractivity contribution in [3.8, 4) is 11.5 Å². The summed E-state index contributed by atoms with van der Waals surface area (Å²) in [6.07, 6.45) is 0.327. The van der Waals surface area contributed by atoms with Crippen molar-refractivity contribution in [1.29, 1.82) is 0 Å². The Morgan fingerprint density at radius 3 is 2.35 bits per heavy atom. The van der Waals surface area contributed by atoms with Gasteiger partial charge < -0.3 is 14.4 Å². The Bertz CT molecular complexity index is 1240. The van der Waals surface area contributed by atoms with Gasteiger partial charge in [-0.2, -0.15) is 0 Å². The number of sulfone groups is 1. The monoisotopic (exact) mass is 505 g/mol. The second-order valence-corrected chi connectivity index (χ2v) is 11.3. The van der Waals surface area contributed by atoms with E-state index in [9.17, 15) is 13.2 Å². The van der Waals surface area contributed by atoms with Gasteiger partial charge in [-0.3, -0.25) is 9.69 Å². The van der Waals surface area contributed by atoms with Gasteiger partial charge in [0.25, 0.3) is 0 Å². The van der Waals surface area contributed by atoms with Crippen LogP contribution in [-0.2, 0) is 14.6 Å². The zero-order chi connectivity index (χ0) is 24.9. The van der Waals surface area contributed by atoms with Crippen LogP contribution < -0.4 is 14.4 Å². The van der Waals surface area contributed by atoms with Gasteiger partial charge in [0.05, 0.1) is 29.6 Å². The minimum atomic E-state index is -3.50. The lowest BCUT2D eigenvalue weighted by molar-refractivity contribution is -0.118. The molecule has 0 N–H and O–H groups in total. The number of aryl methyl sites for hydroxylation is 1. The first-order chi connectivity index (χ1) is 16.2. The third-order valence-corrected chi connectivity index (χ3v) is 8.47. The van der Waals surface area contributed by atoms with Gasteiger partial charge in [-0.25, -0.2) is 13.4 Å². The predicted octanol–water partition coefficient (Wildman–Crippen LogP) is 3.77. The lowest BCUT2D eigenvalue weighted by atomic mass is 10.2. The highest BCUT2D eigenvalue weighted by Crippen LogP contribution is 2.36. The molecule has 0 spiro atoms. The molecule has 1 aromatic heterocycles. The first-order valence-electron chi connectivity index (χ1n) is 10.9. The summed E-state index contributed by atoms with van der Waals surface area (Å²) < 4.78 is 36.9. The van der Waals surface area contributed by atoms with Crippen molar-refractivity contribution < 1.29 is 22.7 Å². The average molecular weight is 506 g/mol. The number of nitrogens with zero attached hydrogens (tertiary/aromatic N) is 3. The summed E-state index contributed by atoms with van der Waals surface area (Å²) in [5, 5.41) is 0.590. The number of hydrogen-bond acceptors (Lipinski definition) is 8. The Labute approximate surface area is 205 Å². The Balaban J connectivity index is 1.76. The summed E-state index contributed by atoms with van der Waals surface area (Å²) in [7, 11) is 3.51. The maximum atomic E-state index is 13.2. The van der Waals surface area contributed by atoms with Gasteiger partial charge in [0, 0.05) is 19.5 Å². The minimum Gasteiger partial charge on any atom is -0.497 e. The van der Waals surface area contributed by atoms with Gasteiger partial charge >= 0.3 is 0 Å². The van der Waals surface area contributed by atoms with E-state index in [4.69, 9.17) is 14.5 Å². The number of methoxy groups -OCH3 is 2. The molecule has 0 aliphatic carbocycles. The topological polar surface area (TPSA) is 89.0 Å². The lowest BCUT2D eigenvalue weighted by Gasteiger charge is -2.22. The van der Waals surface area contributed by atoms with Gasteiger partial charge in [-0.05, 0) is 63.3 Å². The van der Waals surface area contributed by atoms with Crippen molar-refractivity contribution in [3.63, 3.8) is 0 Å². The van der Waals surface area contributed by atoms with Gasteiger partial charge in [0.1, 0.15) is 17.0 Å². The van der Waals surface area contributed by atoms with E-state index in [1.807, 2.05) is 38.1 Å². The van der Waals surface area contributed by atoms with Gasteiger partial charge in [0.2, 0.25) is 5.91 Å². The number of likely N-dealkylation sites (N-methyl/N-ethyl adjacent to an activating group) is 1. The smallest absolute Gasteiger partial charge is 0.228 e. The van der Waals surface area contributed by atoms with E-state index in [1.165, 1.54) is 30.6 Å². The van der Waals surface area contributed by atoms with Crippen LogP contribution in [-0.4, -0.2) is 71.4 Å². The Morgan fingerprint density at radius 2 is 1.74 bits per heavy atom. The van der Waals surface area contributed by atoms with Crippen LogP contribution in [0.1, 0.15) is 18.4 Å². The molecule has 1 amide bonds. The molecule has 184 valence electrons. The number of anilines is 1. The molecule has 3 rings (SSSR count). The number of rotatable bonds is 11. The number of thiazole rings is 1. The third kappa shape index (κ3) is 6.05. The molecule has 10 heteroatoms. The Morgan fingerprint density at radius 1 is 1.03 bits per heavy atom. The maximum absolute atomic E-state index is 13.2. The molecule has 0 fully saturated rings. The van der Waals surface area contributed by atoms with Crippen molar-refractivity contribution in [2.24, 2.45) is 0 Å². The highest BCUT2D eigenvalue weighted by Gasteiger charge is 2.23.